The van der Waals surface area contributed by atoms with E-state index in [4.69, 9.17) is 14.4 Å². The van der Waals surface area contributed by atoms with Gasteiger partial charge in [0.25, 0.3) is 0 Å². The first-order valence-corrected chi connectivity index (χ1v) is 10.7. The van der Waals surface area contributed by atoms with Crippen LogP contribution in [0.25, 0.3) is 0 Å². The molecule has 10 nitrogen and oxygen atoms in total. The molecule has 2 saturated heterocycles. The van der Waals surface area contributed by atoms with Gasteiger partial charge in [-0.1, -0.05) is 5.16 Å². The summed E-state index contributed by atoms with van der Waals surface area (Å²) in [6.45, 7) is 5.23. The molecule has 4 rings (SSSR count). The van der Waals surface area contributed by atoms with Gasteiger partial charge in [-0.2, -0.15) is 0 Å². The van der Waals surface area contributed by atoms with Gasteiger partial charge in [0.05, 0.1) is 31.0 Å². The third kappa shape index (κ3) is 5.43. The Morgan fingerprint density at radius 1 is 1.27 bits per heavy atom. The van der Waals surface area contributed by atoms with Crippen molar-refractivity contribution >= 4 is 29.6 Å². The van der Waals surface area contributed by atoms with Crippen molar-refractivity contribution in [3.63, 3.8) is 0 Å². The Hall–Kier alpha value is -3.60. The normalized spacial score (nSPS) is 19.3. The maximum atomic E-state index is 14.9. The summed E-state index contributed by atoms with van der Waals surface area (Å²) in [5.41, 5.74) is 0.908. The molecule has 2 N–H and O–H groups in total. The van der Waals surface area contributed by atoms with E-state index in [0.29, 0.717) is 36.8 Å². The quantitative estimate of drug-likeness (QED) is 0.370. The van der Waals surface area contributed by atoms with Crippen molar-refractivity contribution in [3.05, 3.63) is 47.7 Å². The van der Waals surface area contributed by atoms with Crippen molar-refractivity contribution in [1.82, 2.24) is 10.2 Å². The molecule has 1 aromatic heterocycles. The summed E-state index contributed by atoms with van der Waals surface area (Å²) in [5, 5.41) is 14.2. The minimum absolute atomic E-state index is 0.204. The summed E-state index contributed by atoms with van der Waals surface area (Å²) in [4.78, 5) is 28.8. The van der Waals surface area contributed by atoms with E-state index in [2.05, 4.69) is 15.4 Å². The third-order valence-electron chi connectivity index (χ3n) is 5.66. The molecule has 11 heteroatoms. The molecular weight excluding hydrogens is 433 g/mol. The average molecular weight is 459 g/mol. The van der Waals surface area contributed by atoms with E-state index in [0.717, 1.165) is 18.8 Å². The number of carbonyl (C=O) groups is 2. The summed E-state index contributed by atoms with van der Waals surface area (Å²) in [6.07, 6.45) is 0.203. The zero-order chi connectivity index (χ0) is 23.4. The Balaban J connectivity index is 1.33. The van der Waals surface area contributed by atoms with Crippen LogP contribution < -0.4 is 15.1 Å². The van der Waals surface area contributed by atoms with Gasteiger partial charge in [-0.05, 0) is 30.3 Å². The topological polar surface area (TPSA) is 111 Å². The fourth-order valence-electron chi connectivity index (χ4n) is 3.99. The number of anilines is 2. The van der Waals surface area contributed by atoms with Crippen LogP contribution in [0.1, 0.15) is 18.4 Å². The molecule has 0 aliphatic carbocycles. The van der Waals surface area contributed by atoms with Gasteiger partial charge in [0.1, 0.15) is 29.7 Å². The van der Waals surface area contributed by atoms with Gasteiger partial charge < -0.3 is 24.6 Å². The van der Waals surface area contributed by atoms with Crippen molar-refractivity contribution in [3.8, 4) is 0 Å². The van der Waals surface area contributed by atoms with Crippen LogP contribution in [0.3, 0.4) is 0 Å². The number of amides is 2. The molecule has 0 unspecified atom stereocenters. The zero-order valence-electron chi connectivity index (χ0n) is 18.2. The Morgan fingerprint density at radius 3 is 2.76 bits per heavy atom. The number of benzene rings is 1. The van der Waals surface area contributed by atoms with Crippen LogP contribution in [0.5, 0.6) is 0 Å². The van der Waals surface area contributed by atoms with E-state index >= 15 is 0 Å². The van der Waals surface area contributed by atoms with Crippen LogP contribution in [0.15, 0.2) is 39.9 Å². The number of nitrogens with zero attached hydrogens (tertiary/aromatic N) is 4. The molecule has 2 amide bonds. The smallest absolute Gasteiger partial charge is 0.414 e. The predicted molar refractivity (Wildman–Crippen MR) is 118 cm³/mol. The van der Waals surface area contributed by atoms with Gasteiger partial charge in [-0.3, -0.25) is 14.6 Å². The number of hydrogen-bond donors (Lipinski definition) is 2. The van der Waals surface area contributed by atoms with Crippen LogP contribution in [0.4, 0.5) is 20.6 Å². The van der Waals surface area contributed by atoms with Crippen molar-refractivity contribution < 1.29 is 28.3 Å². The first-order chi connectivity index (χ1) is 15.9. The predicted octanol–water partition coefficient (Wildman–Crippen LogP) is 2.01. The van der Waals surface area contributed by atoms with Gasteiger partial charge >= 0.3 is 6.09 Å². The molecule has 0 spiro atoms. The lowest BCUT2D eigenvalue weighted by Crippen LogP contribution is -2.46. The molecule has 2 aliphatic rings. The molecule has 0 radical (unpaired) electrons. The Morgan fingerprint density at radius 2 is 2.06 bits per heavy atom. The average Bonchev–Trinajstić information content (AvgIpc) is 3.39. The minimum Gasteiger partial charge on any atom is -0.459 e. The fraction of sp³-hybridized carbons (Fsp3) is 0.409. The number of piperazine rings is 1. The summed E-state index contributed by atoms with van der Waals surface area (Å²) < 4.78 is 25.8. The molecular formula is C22H26FN5O5. The van der Waals surface area contributed by atoms with Crippen molar-refractivity contribution in [2.24, 2.45) is 5.16 Å². The number of halogens is 1. The number of oxime groups is 1. The van der Waals surface area contributed by atoms with Crippen LogP contribution in [0.2, 0.25) is 0 Å². The lowest BCUT2D eigenvalue weighted by atomic mass is 10.2. The molecule has 176 valence electrons. The van der Waals surface area contributed by atoms with Gasteiger partial charge in [-0.15, -0.1) is 0 Å². The fourth-order valence-corrected chi connectivity index (χ4v) is 3.99. The number of nitrogens with one attached hydrogen (secondary N) is 1. The highest BCUT2D eigenvalue weighted by Crippen LogP contribution is 2.28. The summed E-state index contributed by atoms with van der Waals surface area (Å²) in [6, 6.07) is 8.31. The molecule has 2 aliphatic heterocycles. The number of cyclic esters (lactones) is 1. The molecule has 3 heterocycles. The molecule has 2 fully saturated rings. The Kier molecular flexibility index (Phi) is 6.78. The molecule has 1 aromatic carbocycles. The second-order valence-electron chi connectivity index (χ2n) is 8.00. The Bertz CT molecular complexity index is 1030. The lowest BCUT2D eigenvalue weighted by Gasteiger charge is -2.36. The maximum Gasteiger partial charge on any atom is 0.414 e. The lowest BCUT2D eigenvalue weighted by molar-refractivity contribution is -0.119. The second kappa shape index (κ2) is 9.90. The number of ether oxygens (including phenoxy) is 1. The largest absolute Gasteiger partial charge is 0.459 e. The highest BCUT2D eigenvalue weighted by Gasteiger charge is 2.33. The standard InChI is InChI=1S/C22H26FN5O5/c1-15(29)24-11-19-14-28(22(30)33-19)16-2-5-21(20(23)10-16)27-8-6-26(7-9-27)13-18-4-3-17(32-18)12-25-31/h2-5,10,12,19,31H,6-9,11,13-14H2,1H3,(H,24,29)/b25-12-/t19-/m0/s1. The van der Waals surface area contributed by atoms with E-state index in [1.165, 1.54) is 24.1 Å². The second-order valence-corrected chi connectivity index (χ2v) is 8.00. The van der Waals surface area contributed by atoms with Crippen LogP contribution in [0, 0.1) is 5.82 Å². The van der Waals surface area contributed by atoms with Gasteiger partial charge in [0.15, 0.2) is 0 Å². The highest BCUT2D eigenvalue weighted by molar-refractivity contribution is 5.90. The summed E-state index contributed by atoms with van der Waals surface area (Å²) in [7, 11) is 0. The van der Waals surface area contributed by atoms with Crippen LogP contribution in [-0.2, 0) is 16.1 Å². The van der Waals surface area contributed by atoms with Crippen LogP contribution in [-0.4, -0.2) is 73.7 Å². The van der Waals surface area contributed by atoms with E-state index < -0.39 is 18.0 Å². The molecule has 2 aromatic rings. The van der Waals surface area contributed by atoms with Crippen molar-refractivity contribution in [1.29, 1.82) is 0 Å². The van der Waals surface area contributed by atoms with Crippen molar-refractivity contribution in [2.75, 3.05) is 49.1 Å². The van der Waals surface area contributed by atoms with Crippen LogP contribution >= 0.6 is 0 Å². The Labute approximate surface area is 190 Å². The number of rotatable bonds is 7. The SMILES string of the molecule is CC(=O)NC[C@H]1CN(c2ccc(N3CCN(Cc4ccc(/C=N\O)o4)CC3)c(F)c2)C(=O)O1. The summed E-state index contributed by atoms with van der Waals surface area (Å²) in [5.74, 6) is 0.642. The zero-order valence-corrected chi connectivity index (χ0v) is 18.2. The molecule has 1 atom stereocenters. The van der Waals surface area contributed by atoms with E-state index in [-0.39, 0.29) is 19.0 Å². The number of carbonyl (C=O) groups excluding carboxylic acids is 2. The highest BCUT2D eigenvalue weighted by atomic mass is 19.1. The van der Waals surface area contributed by atoms with Gasteiger partial charge in [0, 0.05) is 33.1 Å². The minimum atomic E-state index is -0.558. The number of hydrogen-bond acceptors (Lipinski definition) is 8. The summed E-state index contributed by atoms with van der Waals surface area (Å²) >= 11 is 0. The molecule has 0 bridgehead atoms. The monoisotopic (exact) mass is 459 g/mol. The van der Waals surface area contributed by atoms with Gasteiger partial charge in [-0.25, -0.2) is 9.18 Å². The van der Waals surface area contributed by atoms with Gasteiger partial charge in [0.2, 0.25) is 5.91 Å². The molecule has 0 saturated carbocycles. The first kappa shape index (κ1) is 22.6. The van der Waals surface area contributed by atoms with E-state index in [9.17, 15) is 14.0 Å². The molecule has 33 heavy (non-hydrogen) atoms. The maximum absolute atomic E-state index is 14.9. The van der Waals surface area contributed by atoms with E-state index in [1.54, 1.807) is 18.2 Å². The third-order valence-corrected chi connectivity index (χ3v) is 5.66. The first-order valence-electron chi connectivity index (χ1n) is 10.7. The van der Waals surface area contributed by atoms with E-state index in [1.807, 2.05) is 11.0 Å². The van der Waals surface area contributed by atoms with Crippen molar-refractivity contribution in [2.45, 2.75) is 19.6 Å². The number of furan rings is 1.